The molecule has 0 bridgehead atoms. The van der Waals surface area contributed by atoms with E-state index < -0.39 is 16.6 Å². The molecule has 0 aliphatic heterocycles. The second-order valence-electron chi connectivity index (χ2n) is 4.69. The lowest BCUT2D eigenvalue weighted by molar-refractivity contribution is -0.384. The van der Waals surface area contributed by atoms with Crippen molar-refractivity contribution in [2.45, 2.75) is 0 Å². The molecule has 0 aliphatic carbocycles. The van der Waals surface area contributed by atoms with Crippen LogP contribution in [0.15, 0.2) is 42.6 Å². The van der Waals surface area contributed by atoms with Crippen molar-refractivity contribution in [2.24, 2.45) is 0 Å². The number of benzene rings is 2. The normalized spacial score (nSPS) is 10.7. The topological polar surface area (TPSA) is 68.1 Å². The van der Waals surface area contributed by atoms with Crippen molar-refractivity contribution in [3.8, 4) is 0 Å². The lowest BCUT2D eigenvalue weighted by Gasteiger charge is -2.10. The fourth-order valence-corrected chi connectivity index (χ4v) is 2.36. The minimum Gasteiger partial charge on any atom is -0.355 e. The quantitative estimate of drug-likeness (QED) is 0.550. The number of nitrogens with one attached hydrogen (secondary N) is 1. The smallest absolute Gasteiger partial charge is 0.289 e. The summed E-state index contributed by atoms with van der Waals surface area (Å²) in [6, 6.07) is 7.53. The summed E-state index contributed by atoms with van der Waals surface area (Å²) < 4.78 is 27.2. The van der Waals surface area contributed by atoms with Gasteiger partial charge in [-0.05, 0) is 24.3 Å². The van der Waals surface area contributed by atoms with Gasteiger partial charge in [-0.25, -0.2) is 8.78 Å². The molecule has 1 N–H and O–H groups in total. The zero-order valence-electron chi connectivity index (χ0n) is 11.4. The molecule has 0 aliphatic rings. The average molecular weight is 336 g/mol. The van der Waals surface area contributed by atoms with Gasteiger partial charge in [0.15, 0.2) is 5.82 Å². The van der Waals surface area contributed by atoms with Crippen molar-refractivity contribution in [1.82, 2.24) is 4.98 Å². The molecule has 23 heavy (non-hydrogen) atoms. The highest BCUT2D eigenvalue weighted by Crippen LogP contribution is 2.31. The molecule has 3 rings (SSSR count). The van der Waals surface area contributed by atoms with Crippen LogP contribution < -0.4 is 5.32 Å². The molecule has 2 aromatic carbocycles. The monoisotopic (exact) mass is 335 g/mol. The maximum absolute atomic E-state index is 13.8. The van der Waals surface area contributed by atoms with Crippen LogP contribution in [0.1, 0.15) is 0 Å². The van der Waals surface area contributed by atoms with Crippen LogP contribution in [0.4, 0.5) is 25.8 Å². The molecule has 116 valence electrons. The first-order chi connectivity index (χ1) is 11.0. The lowest BCUT2D eigenvalue weighted by Crippen LogP contribution is -1.96. The van der Waals surface area contributed by atoms with Crippen LogP contribution in [0.25, 0.3) is 10.9 Å². The summed E-state index contributed by atoms with van der Waals surface area (Å²) in [5.74, 6) is -1.53. The van der Waals surface area contributed by atoms with E-state index >= 15 is 0 Å². The Morgan fingerprint density at radius 1 is 1.17 bits per heavy atom. The molecule has 0 atom stereocenters. The standard InChI is InChI=1S/C15H8ClF2N3O2/c16-11-2-1-9(7-14(11)21(22)23)20-13-3-4-19-15-10(13)5-8(17)6-12(15)18/h1-7H,(H,19,20). The van der Waals surface area contributed by atoms with Gasteiger partial charge >= 0.3 is 0 Å². The van der Waals surface area contributed by atoms with E-state index in [0.717, 1.165) is 12.1 Å². The number of nitro groups is 1. The van der Waals surface area contributed by atoms with Crippen LogP contribution in [0.3, 0.4) is 0 Å². The van der Waals surface area contributed by atoms with E-state index in [0.29, 0.717) is 11.4 Å². The van der Waals surface area contributed by atoms with Crippen LogP contribution in [-0.2, 0) is 0 Å². The van der Waals surface area contributed by atoms with Crippen molar-refractivity contribution in [2.75, 3.05) is 5.32 Å². The molecule has 0 unspecified atom stereocenters. The van der Waals surface area contributed by atoms with E-state index in [1.165, 1.54) is 30.5 Å². The number of aromatic nitrogens is 1. The average Bonchev–Trinajstić information content (AvgIpc) is 2.49. The summed E-state index contributed by atoms with van der Waals surface area (Å²) in [6.45, 7) is 0. The second kappa shape index (κ2) is 5.77. The Balaban J connectivity index is 2.09. The first-order valence-corrected chi connectivity index (χ1v) is 6.78. The number of rotatable bonds is 3. The van der Waals surface area contributed by atoms with E-state index in [1.807, 2.05) is 0 Å². The molecule has 0 saturated carbocycles. The van der Waals surface area contributed by atoms with Crippen molar-refractivity contribution in [3.63, 3.8) is 0 Å². The van der Waals surface area contributed by atoms with Gasteiger partial charge in [-0.15, -0.1) is 0 Å². The van der Waals surface area contributed by atoms with Crippen LogP contribution in [0, 0.1) is 21.7 Å². The molecular weight excluding hydrogens is 328 g/mol. The van der Waals surface area contributed by atoms with Gasteiger partial charge in [0.05, 0.1) is 4.92 Å². The number of anilines is 2. The van der Waals surface area contributed by atoms with Crippen molar-refractivity contribution >= 4 is 39.6 Å². The molecule has 1 aromatic heterocycles. The largest absolute Gasteiger partial charge is 0.355 e. The molecule has 3 aromatic rings. The number of fused-ring (bicyclic) bond motifs is 1. The van der Waals surface area contributed by atoms with Crippen LogP contribution in [0.2, 0.25) is 5.02 Å². The number of halogens is 3. The Kier molecular flexibility index (Phi) is 3.79. The zero-order chi connectivity index (χ0) is 16.6. The number of hydrogen-bond donors (Lipinski definition) is 1. The van der Waals surface area contributed by atoms with Crippen molar-refractivity contribution in [3.05, 3.63) is 69.4 Å². The Labute approximate surface area is 133 Å². The Morgan fingerprint density at radius 2 is 1.96 bits per heavy atom. The maximum Gasteiger partial charge on any atom is 0.289 e. The fraction of sp³-hybridized carbons (Fsp3) is 0. The minimum absolute atomic E-state index is 0.000127. The fourth-order valence-electron chi connectivity index (χ4n) is 2.17. The van der Waals surface area contributed by atoms with Gasteiger partial charge in [0, 0.05) is 35.1 Å². The van der Waals surface area contributed by atoms with Crippen LogP contribution in [-0.4, -0.2) is 9.91 Å². The highest BCUT2D eigenvalue weighted by Gasteiger charge is 2.14. The summed E-state index contributed by atoms with van der Waals surface area (Å²) in [6.07, 6.45) is 1.36. The Morgan fingerprint density at radius 3 is 2.70 bits per heavy atom. The molecule has 0 spiro atoms. The van der Waals surface area contributed by atoms with Crippen LogP contribution >= 0.6 is 11.6 Å². The summed E-state index contributed by atoms with van der Waals surface area (Å²) in [5.41, 5.74) is 0.454. The Bertz CT molecular complexity index is 934. The van der Waals surface area contributed by atoms with E-state index in [4.69, 9.17) is 11.6 Å². The zero-order valence-corrected chi connectivity index (χ0v) is 12.1. The van der Waals surface area contributed by atoms with E-state index in [1.54, 1.807) is 0 Å². The van der Waals surface area contributed by atoms with E-state index in [-0.39, 0.29) is 21.6 Å². The SMILES string of the molecule is O=[N+]([O-])c1cc(Nc2ccnc3c(F)cc(F)cc23)ccc1Cl. The first kappa shape index (κ1) is 15.1. The first-order valence-electron chi connectivity index (χ1n) is 6.40. The lowest BCUT2D eigenvalue weighted by atomic mass is 10.1. The highest BCUT2D eigenvalue weighted by atomic mass is 35.5. The second-order valence-corrected chi connectivity index (χ2v) is 5.10. The molecule has 0 amide bonds. The van der Waals surface area contributed by atoms with E-state index in [9.17, 15) is 18.9 Å². The summed E-state index contributed by atoms with van der Waals surface area (Å²) >= 11 is 5.75. The predicted molar refractivity (Wildman–Crippen MR) is 83.0 cm³/mol. The molecule has 5 nitrogen and oxygen atoms in total. The van der Waals surface area contributed by atoms with Gasteiger partial charge in [-0.1, -0.05) is 11.6 Å². The number of nitro benzene ring substituents is 1. The van der Waals surface area contributed by atoms with Gasteiger partial charge < -0.3 is 5.32 Å². The summed E-state index contributed by atoms with van der Waals surface area (Å²) in [5, 5.41) is 14.0. The third-order valence-electron chi connectivity index (χ3n) is 3.19. The summed E-state index contributed by atoms with van der Waals surface area (Å²) in [7, 11) is 0. The molecule has 1 heterocycles. The van der Waals surface area contributed by atoms with Gasteiger partial charge in [-0.3, -0.25) is 15.1 Å². The molecular formula is C15H8ClF2N3O2. The van der Waals surface area contributed by atoms with Crippen LogP contribution in [0.5, 0.6) is 0 Å². The van der Waals surface area contributed by atoms with Gasteiger partial charge in [0.2, 0.25) is 0 Å². The molecule has 0 radical (unpaired) electrons. The van der Waals surface area contributed by atoms with Gasteiger partial charge in [-0.2, -0.15) is 0 Å². The maximum atomic E-state index is 13.8. The predicted octanol–water partition coefficient (Wildman–Crippen LogP) is 4.82. The number of hydrogen-bond acceptors (Lipinski definition) is 4. The highest BCUT2D eigenvalue weighted by molar-refractivity contribution is 6.32. The Hall–Kier alpha value is -2.80. The molecule has 0 saturated heterocycles. The van der Waals surface area contributed by atoms with E-state index in [2.05, 4.69) is 10.3 Å². The molecule has 0 fully saturated rings. The minimum atomic E-state index is -0.786. The number of nitrogens with zero attached hydrogens (tertiary/aromatic N) is 2. The van der Waals surface area contributed by atoms with Crippen molar-refractivity contribution in [1.29, 1.82) is 0 Å². The summed E-state index contributed by atoms with van der Waals surface area (Å²) in [4.78, 5) is 14.2. The molecule has 8 heteroatoms. The van der Waals surface area contributed by atoms with Crippen molar-refractivity contribution < 1.29 is 13.7 Å². The van der Waals surface area contributed by atoms with Gasteiger partial charge in [0.25, 0.3) is 5.69 Å². The van der Waals surface area contributed by atoms with Gasteiger partial charge in [0.1, 0.15) is 16.4 Å². The third kappa shape index (κ3) is 2.91. The third-order valence-corrected chi connectivity index (χ3v) is 3.50. The number of pyridine rings is 1.